The lowest BCUT2D eigenvalue weighted by molar-refractivity contribution is -0.148. The van der Waals surface area contributed by atoms with Crippen LogP contribution in [0.15, 0.2) is 42.5 Å². The molecule has 0 saturated heterocycles. The highest BCUT2D eigenvalue weighted by Crippen LogP contribution is 2.26. The largest absolute Gasteiger partial charge is 0.463 e. The van der Waals surface area contributed by atoms with Gasteiger partial charge >= 0.3 is 5.97 Å². The molecule has 0 saturated carbocycles. The molecule has 0 aliphatic rings. The van der Waals surface area contributed by atoms with Crippen LogP contribution in [0.2, 0.25) is 10.0 Å². The van der Waals surface area contributed by atoms with E-state index in [2.05, 4.69) is 5.32 Å². The number of hydrogen-bond donors (Lipinski definition) is 1. The molecule has 25 heavy (non-hydrogen) atoms. The Kier molecular flexibility index (Phi) is 6.45. The van der Waals surface area contributed by atoms with Gasteiger partial charge in [0.25, 0.3) is 5.91 Å². The number of carbonyl (C=O) groups excluding carboxylic acids is 2. The second-order valence-electron chi connectivity index (χ2n) is 5.88. The smallest absolute Gasteiger partial charge is 0.313 e. The van der Waals surface area contributed by atoms with Gasteiger partial charge in [-0.25, -0.2) is 0 Å². The van der Waals surface area contributed by atoms with Crippen LogP contribution in [0, 0.1) is 0 Å². The Morgan fingerprint density at radius 3 is 2.04 bits per heavy atom. The van der Waals surface area contributed by atoms with Crippen LogP contribution in [0.3, 0.4) is 0 Å². The van der Waals surface area contributed by atoms with Crippen molar-refractivity contribution in [2.75, 3.05) is 5.32 Å². The third-order valence-corrected chi connectivity index (χ3v) is 4.19. The molecule has 1 N–H and O–H groups in total. The highest BCUT2D eigenvalue weighted by atomic mass is 35.5. The zero-order chi connectivity index (χ0) is 18.6. The molecule has 0 radical (unpaired) electrons. The molecular weight excluding hydrogens is 361 g/mol. The van der Waals surface area contributed by atoms with Crippen LogP contribution in [0.1, 0.15) is 42.6 Å². The number of rotatable bonds is 5. The molecule has 0 heterocycles. The van der Waals surface area contributed by atoms with E-state index >= 15 is 0 Å². The lowest BCUT2D eigenvalue weighted by Gasteiger charge is -2.15. The van der Waals surface area contributed by atoms with E-state index in [1.54, 1.807) is 49.4 Å². The zero-order valence-electron chi connectivity index (χ0n) is 14.2. The molecular formula is C19H19Cl2NO3. The van der Waals surface area contributed by atoms with Gasteiger partial charge in [0, 0.05) is 5.69 Å². The van der Waals surface area contributed by atoms with Crippen molar-refractivity contribution in [3.05, 3.63) is 63.6 Å². The minimum Gasteiger partial charge on any atom is -0.463 e. The number of nitrogens with one attached hydrogen (secondary N) is 1. The number of esters is 1. The summed E-state index contributed by atoms with van der Waals surface area (Å²) in [5.74, 6) is -1.06. The van der Waals surface area contributed by atoms with Gasteiger partial charge in [-0.3, -0.25) is 9.59 Å². The van der Waals surface area contributed by atoms with Crippen LogP contribution in [-0.2, 0) is 9.53 Å². The van der Waals surface area contributed by atoms with E-state index < -0.39 is 5.91 Å². The van der Waals surface area contributed by atoms with E-state index in [9.17, 15) is 9.59 Å². The Morgan fingerprint density at radius 1 is 0.960 bits per heavy atom. The van der Waals surface area contributed by atoms with Gasteiger partial charge in [-0.2, -0.15) is 0 Å². The Balaban J connectivity index is 2.10. The zero-order valence-corrected chi connectivity index (χ0v) is 15.7. The molecule has 2 aromatic rings. The fourth-order valence-corrected chi connectivity index (χ4v) is 2.80. The van der Waals surface area contributed by atoms with Crippen LogP contribution in [0.4, 0.5) is 5.69 Å². The third kappa shape index (κ3) is 4.97. The second-order valence-corrected chi connectivity index (χ2v) is 6.69. The van der Waals surface area contributed by atoms with E-state index in [1.807, 2.05) is 13.8 Å². The predicted molar refractivity (Wildman–Crippen MR) is 101 cm³/mol. The maximum absolute atomic E-state index is 12.3. The molecule has 6 heteroatoms. The molecule has 0 aliphatic heterocycles. The number of benzene rings is 2. The van der Waals surface area contributed by atoms with Crippen molar-refractivity contribution in [3.63, 3.8) is 0 Å². The van der Waals surface area contributed by atoms with Gasteiger partial charge in [0.05, 0.1) is 27.6 Å². The van der Waals surface area contributed by atoms with Gasteiger partial charge in [0.1, 0.15) is 0 Å². The van der Waals surface area contributed by atoms with Crippen LogP contribution in [0.25, 0.3) is 0 Å². The van der Waals surface area contributed by atoms with Crippen molar-refractivity contribution < 1.29 is 14.3 Å². The Hall–Kier alpha value is -2.04. The standard InChI is InChI=1S/C19H19Cl2NO3/c1-11(2)25-19(24)12(3)13-7-9-14(10-8-13)22-18(23)17-15(20)5-4-6-16(17)21/h4-12H,1-3H3,(H,22,23). The third-order valence-electron chi connectivity index (χ3n) is 3.56. The van der Waals surface area contributed by atoms with Gasteiger partial charge in [-0.05, 0) is 50.6 Å². The second kappa shape index (κ2) is 8.37. The van der Waals surface area contributed by atoms with Gasteiger partial charge in [-0.15, -0.1) is 0 Å². The van der Waals surface area contributed by atoms with Crippen molar-refractivity contribution >= 4 is 40.8 Å². The van der Waals surface area contributed by atoms with E-state index in [0.717, 1.165) is 5.56 Å². The molecule has 0 fully saturated rings. The van der Waals surface area contributed by atoms with Crippen LogP contribution in [0.5, 0.6) is 0 Å². The van der Waals surface area contributed by atoms with Crippen LogP contribution < -0.4 is 5.32 Å². The van der Waals surface area contributed by atoms with Crippen molar-refractivity contribution in [2.45, 2.75) is 32.8 Å². The van der Waals surface area contributed by atoms with Crippen molar-refractivity contribution in [1.82, 2.24) is 0 Å². The molecule has 0 aliphatic carbocycles. The van der Waals surface area contributed by atoms with Crippen LogP contribution >= 0.6 is 23.2 Å². The summed E-state index contributed by atoms with van der Waals surface area (Å²) in [5.41, 5.74) is 1.61. The number of anilines is 1. The molecule has 1 atom stereocenters. The lowest BCUT2D eigenvalue weighted by Crippen LogP contribution is -2.17. The molecule has 2 rings (SSSR count). The molecule has 0 aromatic heterocycles. The first-order chi connectivity index (χ1) is 11.8. The molecule has 4 nitrogen and oxygen atoms in total. The average Bonchev–Trinajstić information content (AvgIpc) is 2.54. The summed E-state index contributed by atoms with van der Waals surface area (Å²) < 4.78 is 5.21. The number of hydrogen-bond acceptors (Lipinski definition) is 3. The van der Waals surface area contributed by atoms with Gasteiger partial charge in [-0.1, -0.05) is 41.4 Å². The summed E-state index contributed by atoms with van der Waals surface area (Å²) in [5, 5.41) is 3.31. The van der Waals surface area contributed by atoms with Crippen molar-refractivity contribution in [3.8, 4) is 0 Å². The maximum atomic E-state index is 12.3. The molecule has 1 unspecified atom stereocenters. The number of amides is 1. The van der Waals surface area contributed by atoms with E-state index in [0.29, 0.717) is 5.69 Å². The maximum Gasteiger partial charge on any atom is 0.313 e. The minimum atomic E-state index is -0.393. The van der Waals surface area contributed by atoms with E-state index in [1.165, 1.54) is 0 Å². The fraction of sp³-hybridized carbons (Fsp3) is 0.263. The Morgan fingerprint density at radius 2 is 1.52 bits per heavy atom. The molecule has 2 aromatic carbocycles. The van der Waals surface area contributed by atoms with Gasteiger partial charge in [0.2, 0.25) is 0 Å². The first-order valence-electron chi connectivity index (χ1n) is 7.85. The fourth-order valence-electron chi connectivity index (χ4n) is 2.23. The van der Waals surface area contributed by atoms with Gasteiger partial charge in [0.15, 0.2) is 0 Å². The van der Waals surface area contributed by atoms with E-state index in [-0.39, 0.29) is 33.6 Å². The summed E-state index contributed by atoms with van der Waals surface area (Å²) in [6, 6.07) is 11.9. The van der Waals surface area contributed by atoms with Crippen molar-refractivity contribution in [1.29, 1.82) is 0 Å². The number of carbonyl (C=O) groups is 2. The minimum absolute atomic E-state index is 0.158. The summed E-state index contributed by atoms with van der Waals surface area (Å²) in [6.07, 6.45) is -0.158. The molecule has 0 bridgehead atoms. The van der Waals surface area contributed by atoms with E-state index in [4.69, 9.17) is 27.9 Å². The van der Waals surface area contributed by atoms with Crippen LogP contribution in [-0.4, -0.2) is 18.0 Å². The lowest BCUT2D eigenvalue weighted by atomic mass is 10.0. The summed E-state index contributed by atoms with van der Waals surface area (Å²) in [6.45, 7) is 5.40. The van der Waals surface area contributed by atoms with Crippen molar-refractivity contribution in [2.24, 2.45) is 0 Å². The number of halogens is 2. The molecule has 1 amide bonds. The summed E-state index contributed by atoms with van der Waals surface area (Å²) in [4.78, 5) is 24.3. The highest BCUT2D eigenvalue weighted by molar-refractivity contribution is 6.40. The monoisotopic (exact) mass is 379 g/mol. The predicted octanol–water partition coefficient (Wildman–Crippen LogP) is 5.30. The Bertz CT molecular complexity index is 752. The highest BCUT2D eigenvalue weighted by Gasteiger charge is 2.18. The first-order valence-corrected chi connectivity index (χ1v) is 8.61. The average molecular weight is 380 g/mol. The Labute approximate surface area is 157 Å². The SMILES string of the molecule is CC(C)OC(=O)C(C)c1ccc(NC(=O)c2c(Cl)cccc2Cl)cc1. The molecule has 0 spiro atoms. The van der Waals surface area contributed by atoms with Gasteiger partial charge < -0.3 is 10.1 Å². The normalized spacial score (nSPS) is 11.9. The quantitative estimate of drug-likeness (QED) is 0.716. The summed E-state index contributed by atoms with van der Waals surface area (Å²) in [7, 11) is 0. The first kappa shape index (κ1) is 19.3. The number of ether oxygens (including phenoxy) is 1. The topological polar surface area (TPSA) is 55.4 Å². The summed E-state index contributed by atoms with van der Waals surface area (Å²) >= 11 is 12.1. The molecule has 132 valence electrons.